The fourth-order valence-corrected chi connectivity index (χ4v) is 3.45. The summed E-state index contributed by atoms with van der Waals surface area (Å²) in [4.78, 5) is 29.8. The summed E-state index contributed by atoms with van der Waals surface area (Å²) in [5.41, 5.74) is -1.39. The van der Waals surface area contributed by atoms with Crippen molar-refractivity contribution in [2.24, 2.45) is 0 Å². The minimum Gasteiger partial charge on any atom is -0.454 e. The topological polar surface area (TPSA) is 114 Å². The molecule has 0 saturated heterocycles. The minimum atomic E-state index is -0.889. The smallest absolute Gasteiger partial charge is 0.349 e. The highest BCUT2D eigenvalue weighted by Gasteiger charge is 2.15. The van der Waals surface area contributed by atoms with Crippen molar-refractivity contribution in [3.63, 3.8) is 0 Å². The van der Waals surface area contributed by atoms with Crippen molar-refractivity contribution in [2.75, 3.05) is 0 Å². The molecule has 0 aliphatic rings. The Morgan fingerprint density at radius 2 is 1.77 bits per heavy atom. The Morgan fingerprint density at radius 3 is 2.47 bits per heavy atom. The second-order valence-corrected chi connectivity index (χ2v) is 7.17. The summed E-state index contributed by atoms with van der Waals surface area (Å²) in [6.07, 6.45) is 1.60. The van der Waals surface area contributed by atoms with Gasteiger partial charge >= 0.3 is 5.69 Å². The molecule has 4 rings (SSSR count). The van der Waals surface area contributed by atoms with Gasteiger partial charge in [-0.25, -0.2) is 4.79 Å². The number of pyridine rings is 1. The summed E-state index contributed by atoms with van der Waals surface area (Å²) < 4.78 is 6.63. The molecule has 148 valence electrons. The molecule has 2 heterocycles. The molecule has 0 radical (unpaired) electrons. The van der Waals surface area contributed by atoms with E-state index in [2.05, 4.69) is 10.1 Å². The van der Waals surface area contributed by atoms with Crippen LogP contribution in [0.2, 0.25) is 15.1 Å². The van der Waals surface area contributed by atoms with Crippen molar-refractivity contribution < 1.29 is 4.74 Å². The zero-order valence-electron chi connectivity index (χ0n) is 14.7. The average molecular weight is 461 g/mol. The Hall–Kier alpha value is -3.38. The number of aromatic amines is 1. The first kappa shape index (κ1) is 19.9. The molecule has 0 amide bonds. The quantitative estimate of drug-likeness (QED) is 0.492. The largest absolute Gasteiger partial charge is 0.454 e. The van der Waals surface area contributed by atoms with Crippen LogP contribution in [0.5, 0.6) is 11.5 Å². The SMILES string of the molecule is N#Cc1nn(-c2cc(Cl)c(Oc3ccc4nccc(Cl)c4c3)c(Cl)c2)c(=O)[nH]c1=O. The number of fused-ring (bicyclic) bond motifs is 1. The lowest BCUT2D eigenvalue weighted by Gasteiger charge is -2.12. The van der Waals surface area contributed by atoms with Gasteiger partial charge in [-0.05, 0) is 36.4 Å². The normalized spacial score (nSPS) is 10.7. The maximum Gasteiger partial charge on any atom is 0.349 e. The molecule has 4 aromatic rings. The maximum absolute atomic E-state index is 12.1. The highest BCUT2D eigenvalue weighted by molar-refractivity contribution is 6.37. The number of rotatable bonds is 3. The summed E-state index contributed by atoms with van der Waals surface area (Å²) in [7, 11) is 0. The molecule has 0 atom stereocenters. The van der Waals surface area contributed by atoms with Crippen LogP contribution in [0, 0.1) is 11.3 Å². The maximum atomic E-state index is 12.1. The fourth-order valence-electron chi connectivity index (χ4n) is 2.69. The van der Waals surface area contributed by atoms with E-state index in [9.17, 15) is 9.59 Å². The second-order valence-electron chi connectivity index (χ2n) is 5.94. The van der Waals surface area contributed by atoms with Gasteiger partial charge in [0, 0.05) is 11.6 Å². The van der Waals surface area contributed by atoms with Crippen LogP contribution in [0.4, 0.5) is 0 Å². The molecule has 11 heteroatoms. The number of hydrogen-bond donors (Lipinski definition) is 1. The van der Waals surface area contributed by atoms with Crippen LogP contribution in [-0.2, 0) is 0 Å². The van der Waals surface area contributed by atoms with Crippen LogP contribution in [-0.4, -0.2) is 19.7 Å². The van der Waals surface area contributed by atoms with E-state index in [0.29, 0.717) is 21.7 Å². The third kappa shape index (κ3) is 3.62. The van der Waals surface area contributed by atoms with Gasteiger partial charge in [0.1, 0.15) is 11.8 Å². The van der Waals surface area contributed by atoms with Gasteiger partial charge in [-0.2, -0.15) is 9.94 Å². The predicted molar refractivity (Wildman–Crippen MR) is 112 cm³/mol. The molecule has 2 aromatic heterocycles. The predicted octanol–water partition coefficient (Wildman–Crippen LogP) is 4.09. The standard InChI is InChI=1S/C19H8Cl3N5O3/c20-12-3-4-24-15-2-1-10(7-11(12)15)30-17-13(21)5-9(6-14(17)22)27-19(29)25-18(28)16(8-23)26-27/h1-7H,(H,25,28,29). The summed E-state index contributed by atoms with van der Waals surface area (Å²) >= 11 is 18.8. The Balaban J connectivity index is 1.76. The average Bonchev–Trinajstić information content (AvgIpc) is 2.71. The van der Waals surface area contributed by atoms with Crippen LogP contribution in [0.3, 0.4) is 0 Å². The Kier molecular flexibility index (Phi) is 5.18. The molecule has 0 fully saturated rings. The van der Waals surface area contributed by atoms with Crippen molar-refractivity contribution in [3.8, 4) is 23.3 Å². The monoisotopic (exact) mass is 459 g/mol. The number of nitrogens with one attached hydrogen (secondary N) is 1. The minimum absolute atomic E-state index is 0.0771. The van der Waals surface area contributed by atoms with Gasteiger partial charge in [0.25, 0.3) is 5.56 Å². The Labute approximate surface area is 182 Å². The van der Waals surface area contributed by atoms with Gasteiger partial charge in [0.05, 0.1) is 26.3 Å². The van der Waals surface area contributed by atoms with E-state index in [0.717, 1.165) is 4.68 Å². The van der Waals surface area contributed by atoms with Gasteiger partial charge in [-0.3, -0.25) is 14.8 Å². The number of aromatic nitrogens is 4. The Morgan fingerprint density at radius 1 is 1.03 bits per heavy atom. The molecule has 0 unspecified atom stereocenters. The van der Waals surface area contributed by atoms with Crippen molar-refractivity contribution >= 4 is 45.7 Å². The lowest BCUT2D eigenvalue weighted by atomic mass is 10.2. The lowest BCUT2D eigenvalue weighted by molar-refractivity contribution is 0.483. The number of ether oxygens (including phenoxy) is 1. The number of benzene rings is 2. The molecule has 0 saturated carbocycles. The Bertz CT molecular complexity index is 1450. The van der Waals surface area contributed by atoms with Gasteiger partial charge in [0.15, 0.2) is 5.75 Å². The number of nitriles is 1. The molecule has 2 aromatic carbocycles. The van der Waals surface area contributed by atoms with E-state index < -0.39 is 16.9 Å². The summed E-state index contributed by atoms with van der Waals surface area (Å²) in [6, 6.07) is 11.1. The zero-order chi connectivity index (χ0) is 21.4. The molecule has 0 spiro atoms. The van der Waals surface area contributed by atoms with Crippen LogP contribution in [0.1, 0.15) is 5.69 Å². The highest BCUT2D eigenvalue weighted by atomic mass is 35.5. The molecule has 1 N–H and O–H groups in total. The van der Waals surface area contributed by atoms with Crippen molar-refractivity contribution in [1.29, 1.82) is 5.26 Å². The van der Waals surface area contributed by atoms with Crippen molar-refractivity contribution in [2.45, 2.75) is 0 Å². The van der Waals surface area contributed by atoms with E-state index >= 15 is 0 Å². The second kappa shape index (κ2) is 7.80. The molecule has 8 nitrogen and oxygen atoms in total. The van der Waals surface area contributed by atoms with E-state index in [1.165, 1.54) is 12.1 Å². The first-order valence-corrected chi connectivity index (χ1v) is 9.36. The number of nitrogens with zero attached hydrogens (tertiary/aromatic N) is 4. The molecule has 30 heavy (non-hydrogen) atoms. The lowest BCUT2D eigenvalue weighted by Crippen LogP contribution is -2.33. The van der Waals surface area contributed by atoms with Crippen LogP contribution >= 0.6 is 34.8 Å². The van der Waals surface area contributed by atoms with Gasteiger partial charge in [-0.1, -0.05) is 34.8 Å². The van der Waals surface area contributed by atoms with Gasteiger partial charge in [0.2, 0.25) is 5.69 Å². The van der Waals surface area contributed by atoms with Crippen LogP contribution < -0.4 is 16.0 Å². The van der Waals surface area contributed by atoms with E-state index in [1.807, 2.05) is 4.98 Å². The van der Waals surface area contributed by atoms with Crippen LogP contribution in [0.15, 0.2) is 52.2 Å². The number of halogens is 3. The molecular formula is C19H8Cl3N5O3. The molecule has 0 aliphatic heterocycles. The van der Waals surface area contributed by atoms with Gasteiger partial charge in [-0.15, -0.1) is 5.10 Å². The van der Waals surface area contributed by atoms with Crippen molar-refractivity contribution in [1.82, 2.24) is 19.7 Å². The number of hydrogen-bond acceptors (Lipinski definition) is 6. The summed E-state index contributed by atoms with van der Waals surface area (Å²) in [6.45, 7) is 0. The van der Waals surface area contributed by atoms with E-state index in [1.54, 1.807) is 36.5 Å². The molecule has 0 bridgehead atoms. The summed E-state index contributed by atoms with van der Waals surface area (Å²) in [5, 5.41) is 14.0. The summed E-state index contributed by atoms with van der Waals surface area (Å²) in [5.74, 6) is 0.555. The van der Waals surface area contributed by atoms with E-state index in [-0.39, 0.29) is 21.5 Å². The molecule has 0 aliphatic carbocycles. The van der Waals surface area contributed by atoms with Crippen molar-refractivity contribution in [3.05, 3.63) is 84.2 Å². The molecular weight excluding hydrogens is 453 g/mol. The first-order chi connectivity index (χ1) is 14.4. The van der Waals surface area contributed by atoms with E-state index in [4.69, 9.17) is 44.8 Å². The highest BCUT2D eigenvalue weighted by Crippen LogP contribution is 2.39. The van der Waals surface area contributed by atoms with Gasteiger partial charge < -0.3 is 4.74 Å². The first-order valence-electron chi connectivity index (χ1n) is 8.22. The number of H-pyrrole nitrogens is 1. The van der Waals surface area contributed by atoms with Crippen LogP contribution in [0.25, 0.3) is 16.6 Å². The zero-order valence-corrected chi connectivity index (χ0v) is 17.0. The third-order valence-electron chi connectivity index (χ3n) is 4.04. The third-order valence-corrected chi connectivity index (χ3v) is 4.93. The fraction of sp³-hybridized carbons (Fsp3) is 0.